The Morgan fingerprint density at radius 3 is 2.07 bits per heavy atom. The predicted octanol–water partition coefficient (Wildman–Crippen LogP) is 1.74. The molecule has 1 amide bonds. The van der Waals surface area contributed by atoms with Crippen LogP contribution in [0.5, 0.6) is 0 Å². The number of amides is 1. The van der Waals surface area contributed by atoms with Crippen LogP contribution >= 0.6 is 0 Å². The zero-order valence-corrected chi connectivity index (χ0v) is 9.99. The molecule has 0 aromatic rings. The lowest BCUT2D eigenvalue weighted by Crippen LogP contribution is -2.40. The summed E-state index contributed by atoms with van der Waals surface area (Å²) >= 11 is 0. The minimum absolute atomic E-state index is 0.0548. The minimum atomic E-state index is -0.957. The van der Waals surface area contributed by atoms with Gasteiger partial charge in [-0.05, 0) is 26.2 Å². The Morgan fingerprint density at radius 1 is 1.20 bits per heavy atom. The van der Waals surface area contributed by atoms with Gasteiger partial charge in [-0.25, -0.2) is 0 Å². The highest BCUT2D eigenvalue weighted by Gasteiger charge is 2.19. The van der Waals surface area contributed by atoms with Crippen molar-refractivity contribution in [3.63, 3.8) is 0 Å². The van der Waals surface area contributed by atoms with Gasteiger partial charge in [0, 0.05) is 12.5 Å². The first-order valence-electron chi connectivity index (χ1n) is 5.35. The number of carboxylic acid groups (broad SMARTS) is 1. The largest absolute Gasteiger partial charge is 0.480 e. The highest BCUT2D eigenvalue weighted by Crippen LogP contribution is 2.08. The van der Waals surface area contributed by atoms with Crippen molar-refractivity contribution in [3.05, 3.63) is 0 Å². The SMILES string of the molecule is CC(C)CCC(=O)N(CC(=O)O)C(C)C. The second-order valence-corrected chi connectivity index (χ2v) is 4.44. The van der Waals surface area contributed by atoms with Gasteiger partial charge >= 0.3 is 5.97 Å². The summed E-state index contributed by atoms with van der Waals surface area (Å²) in [5.74, 6) is -0.560. The molecule has 0 fully saturated rings. The molecule has 0 unspecified atom stereocenters. The summed E-state index contributed by atoms with van der Waals surface area (Å²) < 4.78 is 0. The van der Waals surface area contributed by atoms with Crippen molar-refractivity contribution in [2.24, 2.45) is 5.92 Å². The first-order valence-corrected chi connectivity index (χ1v) is 5.35. The molecule has 0 aromatic carbocycles. The average Bonchev–Trinajstić information content (AvgIpc) is 2.09. The molecule has 0 rings (SSSR count). The van der Waals surface area contributed by atoms with Crippen molar-refractivity contribution in [3.8, 4) is 0 Å². The smallest absolute Gasteiger partial charge is 0.323 e. The maximum atomic E-state index is 11.7. The molecule has 0 saturated heterocycles. The van der Waals surface area contributed by atoms with Crippen LogP contribution in [0.4, 0.5) is 0 Å². The Kier molecular flexibility index (Phi) is 5.97. The first kappa shape index (κ1) is 13.9. The number of rotatable bonds is 6. The molecule has 0 spiro atoms. The fourth-order valence-electron chi connectivity index (χ4n) is 1.26. The summed E-state index contributed by atoms with van der Waals surface area (Å²) in [5.41, 5.74) is 0. The molecule has 0 heterocycles. The van der Waals surface area contributed by atoms with Crippen molar-refractivity contribution in [2.45, 2.75) is 46.6 Å². The van der Waals surface area contributed by atoms with E-state index in [1.54, 1.807) is 0 Å². The quantitative estimate of drug-likeness (QED) is 0.734. The van der Waals surface area contributed by atoms with E-state index in [9.17, 15) is 9.59 Å². The Morgan fingerprint density at radius 2 is 1.73 bits per heavy atom. The summed E-state index contributed by atoms with van der Waals surface area (Å²) in [6.45, 7) is 7.55. The highest BCUT2D eigenvalue weighted by atomic mass is 16.4. The molecular formula is C11H21NO3. The monoisotopic (exact) mass is 215 g/mol. The van der Waals surface area contributed by atoms with E-state index in [1.165, 1.54) is 4.90 Å². The fourth-order valence-corrected chi connectivity index (χ4v) is 1.26. The molecule has 0 saturated carbocycles. The summed E-state index contributed by atoms with van der Waals surface area (Å²) in [4.78, 5) is 23.7. The average molecular weight is 215 g/mol. The highest BCUT2D eigenvalue weighted by molar-refractivity contribution is 5.81. The van der Waals surface area contributed by atoms with Crippen molar-refractivity contribution >= 4 is 11.9 Å². The van der Waals surface area contributed by atoms with Gasteiger partial charge in [-0.1, -0.05) is 13.8 Å². The molecule has 4 heteroatoms. The number of hydrogen-bond donors (Lipinski definition) is 1. The lowest BCUT2D eigenvalue weighted by Gasteiger charge is -2.25. The number of carbonyl (C=O) groups excluding carboxylic acids is 1. The zero-order valence-electron chi connectivity index (χ0n) is 9.99. The van der Waals surface area contributed by atoms with Gasteiger partial charge in [-0.15, -0.1) is 0 Å². The molecule has 0 radical (unpaired) electrons. The van der Waals surface area contributed by atoms with Crippen LogP contribution in [-0.4, -0.2) is 34.5 Å². The van der Waals surface area contributed by atoms with Crippen LogP contribution in [0.1, 0.15) is 40.5 Å². The van der Waals surface area contributed by atoms with Crippen LogP contribution < -0.4 is 0 Å². The molecule has 0 aliphatic rings. The van der Waals surface area contributed by atoms with Gasteiger partial charge in [-0.2, -0.15) is 0 Å². The van der Waals surface area contributed by atoms with Crippen molar-refractivity contribution in [1.82, 2.24) is 4.90 Å². The van der Waals surface area contributed by atoms with E-state index in [-0.39, 0.29) is 18.5 Å². The molecule has 1 N–H and O–H groups in total. The maximum absolute atomic E-state index is 11.7. The standard InChI is InChI=1S/C11H21NO3/c1-8(2)5-6-10(13)12(9(3)4)7-11(14)15/h8-9H,5-7H2,1-4H3,(H,14,15). The number of aliphatic carboxylic acids is 1. The molecule has 88 valence electrons. The first-order chi connectivity index (χ1) is 6.84. The van der Waals surface area contributed by atoms with Gasteiger partial charge in [0.15, 0.2) is 0 Å². The van der Waals surface area contributed by atoms with Gasteiger partial charge in [-0.3, -0.25) is 9.59 Å². The van der Waals surface area contributed by atoms with Crippen LogP contribution in [0, 0.1) is 5.92 Å². The van der Waals surface area contributed by atoms with E-state index in [0.717, 1.165) is 6.42 Å². The minimum Gasteiger partial charge on any atom is -0.480 e. The van der Waals surface area contributed by atoms with Gasteiger partial charge in [0.2, 0.25) is 5.91 Å². The van der Waals surface area contributed by atoms with Crippen LogP contribution in [0.25, 0.3) is 0 Å². The number of carboxylic acids is 1. The molecule has 0 aliphatic heterocycles. The molecule has 0 bridgehead atoms. The Bertz CT molecular complexity index is 224. The Hall–Kier alpha value is -1.06. The fraction of sp³-hybridized carbons (Fsp3) is 0.818. The topological polar surface area (TPSA) is 57.6 Å². The third-order valence-corrected chi connectivity index (χ3v) is 2.18. The van der Waals surface area contributed by atoms with Crippen LogP contribution in [-0.2, 0) is 9.59 Å². The van der Waals surface area contributed by atoms with E-state index in [2.05, 4.69) is 0 Å². The van der Waals surface area contributed by atoms with Gasteiger partial charge in [0.05, 0.1) is 0 Å². The predicted molar refractivity (Wildman–Crippen MR) is 58.6 cm³/mol. The second-order valence-electron chi connectivity index (χ2n) is 4.44. The molecule has 0 aromatic heterocycles. The van der Waals surface area contributed by atoms with Gasteiger partial charge in [0.1, 0.15) is 6.54 Å². The van der Waals surface area contributed by atoms with E-state index >= 15 is 0 Å². The molecule has 15 heavy (non-hydrogen) atoms. The normalized spacial score (nSPS) is 10.8. The van der Waals surface area contributed by atoms with Gasteiger partial charge in [0.25, 0.3) is 0 Å². The Balaban J connectivity index is 4.23. The number of nitrogens with zero attached hydrogens (tertiary/aromatic N) is 1. The Labute approximate surface area is 91.3 Å². The molecule has 0 atom stereocenters. The summed E-state index contributed by atoms with van der Waals surface area (Å²) in [7, 11) is 0. The third-order valence-electron chi connectivity index (χ3n) is 2.18. The third kappa shape index (κ3) is 6.10. The van der Waals surface area contributed by atoms with E-state index in [4.69, 9.17) is 5.11 Å². The van der Waals surface area contributed by atoms with E-state index in [0.29, 0.717) is 12.3 Å². The zero-order chi connectivity index (χ0) is 12.0. The summed E-state index contributed by atoms with van der Waals surface area (Å²) in [6, 6.07) is -0.0548. The van der Waals surface area contributed by atoms with E-state index in [1.807, 2.05) is 27.7 Å². The second kappa shape index (κ2) is 6.43. The van der Waals surface area contributed by atoms with Crippen molar-refractivity contribution in [1.29, 1.82) is 0 Å². The van der Waals surface area contributed by atoms with Crippen LogP contribution in [0.2, 0.25) is 0 Å². The lowest BCUT2D eigenvalue weighted by molar-refractivity contribution is -0.145. The van der Waals surface area contributed by atoms with Crippen molar-refractivity contribution < 1.29 is 14.7 Å². The maximum Gasteiger partial charge on any atom is 0.323 e. The summed E-state index contributed by atoms with van der Waals surface area (Å²) in [6.07, 6.45) is 1.24. The number of carbonyl (C=O) groups is 2. The van der Waals surface area contributed by atoms with Gasteiger partial charge < -0.3 is 10.0 Å². The number of hydrogen-bond acceptors (Lipinski definition) is 2. The summed E-state index contributed by atoms with van der Waals surface area (Å²) in [5, 5.41) is 8.67. The van der Waals surface area contributed by atoms with Crippen LogP contribution in [0.3, 0.4) is 0 Å². The molecule has 0 aliphatic carbocycles. The lowest BCUT2D eigenvalue weighted by atomic mass is 10.1. The van der Waals surface area contributed by atoms with Crippen molar-refractivity contribution in [2.75, 3.05) is 6.54 Å². The van der Waals surface area contributed by atoms with Crippen LogP contribution in [0.15, 0.2) is 0 Å². The van der Waals surface area contributed by atoms with E-state index < -0.39 is 5.97 Å². The molecule has 4 nitrogen and oxygen atoms in total. The molecular weight excluding hydrogens is 194 g/mol.